The Labute approximate surface area is 103 Å². The Morgan fingerprint density at radius 2 is 2.17 bits per heavy atom. The maximum atomic E-state index is 11.9. The van der Waals surface area contributed by atoms with Gasteiger partial charge in [-0.1, -0.05) is 0 Å². The van der Waals surface area contributed by atoms with Crippen LogP contribution in [0.15, 0.2) is 18.2 Å². The van der Waals surface area contributed by atoms with Crippen molar-refractivity contribution < 1.29 is 19.4 Å². The summed E-state index contributed by atoms with van der Waals surface area (Å²) in [6.45, 7) is 0.845. The Hall–Kier alpha value is -2.08. The van der Waals surface area contributed by atoms with Gasteiger partial charge < -0.3 is 20.5 Å². The zero-order valence-electron chi connectivity index (χ0n) is 9.47. The molecule has 1 aromatic carbocycles. The first kappa shape index (κ1) is 11.0. The molecule has 3 N–H and O–H groups in total. The number of nitrogens with one attached hydrogen (secondary N) is 2. The van der Waals surface area contributed by atoms with Gasteiger partial charge in [0.15, 0.2) is 0 Å². The first-order valence-corrected chi connectivity index (χ1v) is 5.67. The summed E-state index contributed by atoms with van der Waals surface area (Å²) in [4.78, 5) is 22.9. The Balaban J connectivity index is 2.00. The SMILES string of the molecule is O=C(O)c1ccc2c(c1)NC1COCC1C(=O)N2. The molecule has 1 fully saturated rings. The fraction of sp³-hybridized carbons (Fsp3) is 0.333. The number of ether oxygens (including phenoxy) is 1. The summed E-state index contributed by atoms with van der Waals surface area (Å²) < 4.78 is 5.27. The van der Waals surface area contributed by atoms with E-state index in [0.717, 1.165) is 0 Å². The molecule has 0 bridgehead atoms. The van der Waals surface area contributed by atoms with Crippen molar-refractivity contribution >= 4 is 23.3 Å². The quantitative estimate of drug-likeness (QED) is 0.683. The number of hydrogen-bond donors (Lipinski definition) is 3. The predicted molar refractivity (Wildman–Crippen MR) is 63.8 cm³/mol. The molecule has 2 atom stereocenters. The molecule has 94 valence electrons. The van der Waals surface area contributed by atoms with Gasteiger partial charge in [-0.15, -0.1) is 0 Å². The molecule has 0 saturated carbocycles. The van der Waals surface area contributed by atoms with Gasteiger partial charge in [-0.25, -0.2) is 4.79 Å². The Morgan fingerprint density at radius 3 is 2.94 bits per heavy atom. The molecular formula is C12H12N2O4. The number of hydrogen-bond acceptors (Lipinski definition) is 4. The molecule has 2 heterocycles. The fourth-order valence-electron chi connectivity index (χ4n) is 2.29. The molecule has 0 radical (unpaired) electrons. The van der Waals surface area contributed by atoms with E-state index < -0.39 is 5.97 Å². The third-order valence-electron chi connectivity index (χ3n) is 3.28. The number of fused-ring (bicyclic) bond motifs is 2. The molecule has 6 nitrogen and oxygen atoms in total. The molecule has 2 unspecified atom stereocenters. The van der Waals surface area contributed by atoms with Gasteiger partial charge in [-0.3, -0.25) is 4.79 Å². The van der Waals surface area contributed by atoms with Crippen molar-refractivity contribution in [3.63, 3.8) is 0 Å². The maximum Gasteiger partial charge on any atom is 0.335 e. The molecule has 0 spiro atoms. The zero-order chi connectivity index (χ0) is 12.7. The highest BCUT2D eigenvalue weighted by atomic mass is 16.5. The fourth-order valence-corrected chi connectivity index (χ4v) is 2.29. The van der Waals surface area contributed by atoms with E-state index in [1.807, 2.05) is 0 Å². The first-order chi connectivity index (χ1) is 8.65. The van der Waals surface area contributed by atoms with E-state index >= 15 is 0 Å². The Bertz CT molecular complexity index is 529. The molecular weight excluding hydrogens is 236 g/mol. The van der Waals surface area contributed by atoms with Crippen LogP contribution in [0.4, 0.5) is 11.4 Å². The van der Waals surface area contributed by atoms with E-state index in [-0.39, 0.29) is 23.4 Å². The number of carboxylic acids is 1. The molecule has 3 rings (SSSR count). The number of anilines is 2. The molecule has 18 heavy (non-hydrogen) atoms. The van der Waals surface area contributed by atoms with Crippen molar-refractivity contribution in [1.29, 1.82) is 0 Å². The molecule has 1 aromatic rings. The van der Waals surface area contributed by atoms with Gasteiger partial charge in [0.25, 0.3) is 0 Å². The van der Waals surface area contributed by atoms with E-state index in [1.165, 1.54) is 12.1 Å². The van der Waals surface area contributed by atoms with Crippen molar-refractivity contribution in [2.24, 2.45) is 5.92 Å². The van der Waals surface area contributed by atoms with E-state index in [9.17, 15) is 9.59 Å². The van der Waals surface area contributed by atoms with Crippen molar-refractivity contribution in [1.82, 2.24) is 0 Å². The normalized spacial score (nSPS) is 25.4. The van der Waals surface area contributed by atoms with Crippen LogP contribution in [0.25, 0.3) is 0 Å². The van der Waals surface area contributed by atoms with Crippen molar-refractivity contribution in [2.75, 3.05) is 23.8 Å². The van der Waals surface area contributed by atoms with Crippen LogP contribution in [0.1, 0.15) is 10.4 Å². The topological polar surface area (TPSA) is 87.7 Å². The summed E-state index contributed by atoms with van der Waals surface area (Å²) in [5, 5.41) is 14.9. The number of carbonyl (C=O) groups is 2. The minimum Gasteiger partial charge on any atom is -0.478 e. The average Bonchev–Trinajstić information content (AvgIpc) is 2.74. The first-order valence-electron chi connectivity index (χ1n) is 5.67. The molecule has 2 aliphatic rings. The van der Waals surface area contributed by atoms with Crippen LogP contribution in [0.3, 0.4) is 0 Å². The van der Waals surface area contributed by atoms with Crippen LogP contribution >= 0.6 is 0 Å². The van der Waals surface area contributed by atoms with E-state index in [1.54, 1.807) is 6.07 Å². The van der Waals surface area contributed by atoms with E-state index in [4.69, 9.17) is 9.84 Å². The van der Waals surface area contributed by atoms with Gasteiger partial charge >= 0.3 is 5.97 Å². The third kappa shape index (κ3) is 1.70. The number of amides is 1. The van der Waals surface area contributed by atoms with Gasteiger partial charge in [0.05, 0.1) is 42.1 Å². The van der Waals surface area contributed by atoms with Crippen LogP contribution < -0.4 is 10.6 Å². The van der Waals surface area contributed by atoms with Crippen LogP contribution in [-0.4, -0.2) is 36.2 Å². The zero-order valence-corrected chi connectivity index (χ0v) is 9.47. The monoisotopic (exact) mass is 248 g/mol. The Morgan fingerprint density at radius 1 is 1.33 bits per heavy atom. The summed E-state index contributed by atoms with van der Waals surface area (Å²) in [7, 11) is 0. The van der Waals surface area contributed by atoms with E-state index in [2.05, 4.69) is 10.6 Å². The second-order valence-corrected chi connectivity index (χ2v) is 4.45. The highest BCUT2D eigenvalue weighted by Gasteiger charge is 2.36. The number of aromatic carboxylic acids is 1. The minimum absolute atomic E-state index is 0.0909. The lowest BCUT2D eigenvalue weighted by molar-refractivity contribution is -0.119. The second-order valence-electron chi connectivity index (χ2n) is 4.45. The van der Waals surface area contributed by atoms with Crippen molar-refractivity contribution in [3.8, 4) is 0 Å². The lowest BCUT2D eigenvalue weighted by Crippen LogP contribution is -2.33. The van der Waals surface area contributed by atoms with Crippen LogP contribution in [-0.2, 0) is 9.53 Å². The smallest absolute Gasteiger partial charge is 0.335 e. The summed E-state index contributed by atoms with van der Waals surface area (Å²) in [6.07, 6.45) is 0. The number of rotatable bonds is 1. The maximum absolute atomic E-state index is 11.9. The van der Waals surface area contributed by atoms with Gasteiger partial charge in [-0.05, 0) is 18.2 Å². The van der Waals surface area contributed by atoms with Gasteiger partial charge in [0.2, 0.25) is 5.91 Å². The summed E-state index contributed by atoms with van der Waals surface area (Å²) in [6, 6.07) is 4.50. The number of carbonyl (C=O) groups excluding carboxylic acids is 1. The van der Waals surface area contributed by atoms with Crippen LogP contribution in [0.2, 0.25) is 0 Å². The third-order valence-corrected chi connectivity index (χ3v) is 3.28. The average molecular weight is 248 g/mol. The highest BCUT2D eigenvalue weighted by Crippen LogP contribution is 2.31. The van der Waals surface area contributed by atoms with Crippen LogP contribution in [0.5, 0.6) is 0 Å². The molecule has 2 aliphatic heterocycles. The molecule has 0 aliphatic carbocycles. The lowest BCUT2D eigenvalue weighted by atomic mass is 10.0. The minimum atomic E-state index is -0.991. The second kappa shape index (κ2) is 3.99. The molecule has 1 amide bonds. The molecule has 0 aromatic heterocycles. The van der Waals surface area contributed by atoms with Gasteiger partial charge in [0, 0.05) is 0 Å². The number of benzene rings is 1. The van der Waals surface area contributed by atoms with Crippen LogP contribution in [0, 0.1) is 5.92 Å². The lowest BCUT2D eigenvalue weighted by Gasteiger charge is -2.14. The van der Waals surface area contributed by atoms with Crippen molar-refractivity contribution in [2.45, 2.75) is 6.04 Å². The highest BCUT2D eigenvalue weighted by molar-refractivity contribution is 6.00. The van der Waals surface area contributed by atoms with Gasteiger partial charge in [0.1, 0.15) is 0 Å². The Kier molecular flexibility index (Phi) is 2.45. The summed E-state index contributed by atoms with van der Waals surface area (Å²) in [5.74, 6) is -1.31. The predicted octanol–water partition coefficient (Wildman–Crippen LogP) is 0.764. The summed E-state index contributed by atoms with van der Waals surface area (Å²) in [5.41, 5.74) is 1.42. The molecule has 1 saturated heterocycles. The molecule has 6 heteroatoms. The standard InChI is InChI=1S/C12H12N2O4/c15-11-7-4-18-5-10(7)13-9-3-6(12(16)17)1-2-8(9)14-11/h1-3,7,10,13H,4-5H2,(H,14,15)(H,16,17). The van der Waals surface area contributed by atoms with Gasteiger partial charge in [-0.2, -0.15) is 0 Å². The van der Waals surface area contributed by atoms with Crippen molar-refractivity contribution in [3.05, 3.63) is 23.8 Å². The summed E-state index contributed by atoms with van der Waals surface area (Å²) >= 11 is 0. The largest absolute Gasteiger partial charge is 0.478 e. The number of carboxylic acid groups (broad SMARTS) is 1. The van der Waals surface area contributed by atoms with E-state index in [0.29, 0.717) is 24.6 Å².